The van der Waals surface area contributed by atoms with E-state index >= 15 is 0 Å². The number of hydrogen-bond acceptors (Lipinski definition) is 4. The highest BCUT2D eigenvalue weighted by atomic mass is 16.3. The number of ketones is 1. The third-order valence-electron chi connectivity index (χ3n) is 5.04. The zero-order chi connectivity index (χ0) is 19.1. The second kappa shape index (κ2) is 9.44. The van der Waals surface area contributed by atoms with Crippen molar-refractivity contribution in [1.29, 1.82) is 0 Å². The SMILES string of the molecule is O=C(CN1CCCCC1CCO)Nc1ccccc1C(=O)c1ccccc1. The van der Waals surface area contributed by atoms with E-state index in [0.717, 1.165) is 25.8 Å². The monoisotopic (exact) mass is 366 g/mol. The lowest BCUT2D eigenvalue weighted by atomic mass is 9.99. The number of rotatable bonds is 7. The van der Waals surface area contributed by atoms with Crippen LogP contribution < -0.4 is 5.32 Å². The molecule has 1 saturated heterocycles. The van der Waals surface area contributed by atoms with Gasteiger partial charge in [-0.05, 0) is 37.9 Å². The molecule has 1 aliphatic rings. The second-order valence-electron chi connectivity index (χ2n) is 6.92. The van der Waals surface area contributed by atoms with Crippen molar-refractivity contribution in [3.63, 3.8) is 0 Å². The summed E-state index contributed by atoms with van der Waals surface area (Å²) in [6.07, 6.45) is 3.91. The van der Waals surface area contributed by atoms with Crippen LogP contribution in [-0.2, 0) is 4.79 Å². The first-order chi connectivity index (χ1) is 13.2. The quantitative estimate of drug-likeness (QED) is 0.739. The maximum atomic E-state index is 12.8. The first-order valence-corrected chi connectivity index (χ1v) is 9.52. The van der Waals surface area contributed by atoms with Crippen molar-refractivity contribution in [3.05, 3.63) is 65.7 Å². The minimum absolute atomic E-state index is 0.109. The number of nitrogens with one attached hydrogen (secondary N) is 1. The van der Waals surface area contributed by atoms with E-state index in [1.54, 1.807) is 30.3 Å². The number of nitrogens with zero attached hydrogens (tertiary/aromatic N) is 1. The number of anilines is 1. The van der Waals surface area contributed by atoms with E-state index in [9.17, 15) is 14.7 Å². The summed E-state index contributed by atoms with van der Waals surface area (Å²) in [6, 6.07) is 16.4. The van der Waals surface area contributed by atoms with E-state index in [1.165, 1.54) is 0 Å². The van der Waals surface area contributed by atoms with Gasteiger partial charge in [0.15, 0.2) is 5.78 Å². The third kappa shape index (κ3) is 5.02. The number of carbonyl (C=O) groups is 2. The Morgan fingerprint density at radius 2 is 1.78 bits per heavy atom. The Kier molecular flexibility index (Phi) is 6.74. The number of para-hydroxylation sites is 1. The average molecular weight is 366 g/mol. The second-order valence-corrected chi connectivity index (χ2v) is 6.92. The Hall–Kier alpha value is -2.50. The van der Waals surface area contributed by atoms with Gasteiger partial charge in [-0.2, -0.15) is 0 Å². The van der Waals surface area contributed by atoms with E-state index < -0.39 is 0 Å². The molecule has 0 saturated carbocycles. The first-order valence-electron chi connectivity index (χ1n) is 9.52. The smallest absolute Gasteiger partial charge is 0.238 e. The van der Waals surface area contributed by atoms with Crippen LogP contribution in [0.15, 0.2) is 54.6 Å². The van der Waals surface area contributed by atoms with Gasteiger partial charge >= 0.3 is 0 Å². The van der Waals surface area contributed by atoms with Gasteiger partial charge in [0.05, 0.1) is 12.2 Å². The minimum Gasteiger partial charge on any atom is -0.396 e. The molecule has 2 aromatic rings. The van der Waals surface area contributed by atoms with Gasteiger partial charge in [0.1, 0.15) is 0 Å². The Morgan fingerprint density at radius 3 is 2.56 bits per heavy atom. The van der Waals surface area contributed by atoms with Crippen LogP contribution in [0.25, 0.3) is 0 Å². The van der Waals surface area contributed by atoms with Gasteiger partial charge in [0, 0.05) is 23.8 Å². The molecule has 0 aliphatic carbocycles. The van der Waals surface area contributed by atoms with Gasteiger partial charge in [-0.15, -0.1) is 0 Å². The van der Waals surface area contributed by atoms with Gasteiger partial charge in [0.25, 0.3) is 0 Å². The van der Waals surface area contributed by atoms with Gasteiger partial charge in [-0.1, -0.05) is 48.9 Å². The molecule has 2 N–H and O–H groups in total. The van der Waals surface area contributed by atoms with Gasteiger partial charge < -0.3 is 10.4 Å². The van der Waals surface area contributed by atoms with Crippen molar-refractivity contribution in [2.75, 3.05) is 25.0 Å². The fourth-order valence-electron chi connectivity index (χ4n) is 3.65. The molecule has 1 aliphatic heterocycles. The van der Waals surface area contributed by atoms with Crippen molar-refractivity contribution in [2.24, 2.45) is 0 Å². The maximum absolute atomic E-state index is 12.8. The average Bonchev–Trinajstić information content (AvgIpc) is 2.70. The van der Waals surface area contributed by atoms with E-state index in [2.05, 4.69) is 10.2 Å². The van der Waals surface area contributed by atoms with Gasteiger partial charge in [-0.25, -0.2) is 0 Å². The molecule has 1 atom stereocenters. The van der Waals surface area contributed by atoms with E-state index in [0.29, 0.717) is 23.2 Å². The zero-order valence-electron chi connectivity index (χ0n) is 15.4. The Balaban J connectivity index is 1.70. The maximum Gasteiger partial charge on any atom is 0.238 e. The molecule has 2 aromatic carbocycles. The largest absolute Gasteiger partial charge is 0.396 e. The molecular weight excluding hydrogens is 340 g/mol. The number of aliphatic hydroxyl groups is 1. The summed E-state index contributed by atoms with van der Waals surface area (Å²) in [5, 5.41) is 12.2. The minimum atomic E-state index is -0.131. The van der Waals surface area contributed by atoms with Crippen LogP contribution in [0.3, 0.4) is 0 Å². The number of carbonyl (C=O) groups excluding carboxylic acids is 2. The molecule has 1 amide bonds. The molecular formula is C22H26N2O3. The summed E-state index contributed by atoms with van der Waals surface area (Å²) in [5.74, 6) is -0.240. The van der Waals surface area contributed by atoms with Crippen molar-refractivity contribution < 1.29 is 14.7 Å². The molecule has 1 fully saturated rings. The zero-order valence-corrected chi connectivity index (χ0v) is 15.4. The first kappa shape index (κ1) is 19.3. The van der Waals surface area contributed by atoms with Crippen molar-refractivity contribution in [2.45, 2.75) is 31.7 Å². The predicted molar refractivity (Wildman–Crippen MR) is 106 cm³/mol. The topological polar surface area (TPSA) is 69.6 Å². The summed E-state index contributed by atoms with van der Waals surface area (Å²) in [4.78, 5) is 27.5. The van der Waals surface area contributed by atoms with Crippen LogP contribution in [-0.4, -0.2) is 47.4 Å². The molecule has 5 nitrogen and oxygen atoms in total. The normalized spacial score (nSPS) is 17.4. The number of hydrogen-bond donors (Lipinski definition) is 2. The van der Waals surface area contributed by atoms with E-state index in [4.69, 9.17) is 0 Å². The molecule has 0 bridgehead atoms. The highest BCUT2D eigenvalue weighted by Gasteiger charge is 2.24. The highest BCUT2D eigenvalue weighted by Crippen LogP contribution is 2.21. The fraction of sp³-hybridized carbons (Fsp3) is 0.364. The Morgan fingerprint density at radius 1 is 1.04 bits per heavy atom. The molecule has 3 rings (SSSR count). The summed E-state index contributed by atoms with van der Waals surface area (Å²) in [5.41, 5.74) is 1.62. The third-order valence-corrected chi connectivity index (χ3v) is 5.04. The van der Waals surface area contributed by atoms with Crippen molar-refractivity contribution in [3.8, 4) is 0 Å². The molecule has 0 radical (unpaired) electrons. The summed E-state index contributed by atoms with van der Waals surface area (Å²) < 4.78 is 0. The molecule has 27 heavy (non-hydrogen) atoms. The lowest BCUT2D eigenvalue weighted by molar-refractivity contribution is -0.118. The molecule has 5 heteroatoms. The lowest BCUT2D eigenvalue weighted by Gasteiger charge is -2.34. The lowest BCUT2D eigenvalue weighted by Crippen LogP contribution is -2.44. The number of amides is 1. The van der Waals surface area contributed by atoms with Crippen molar-refractivity contribution in [1.82, 2.24) is 4.90 Å². The molecule has 142 valence electrons. The van der Waals surface area contributed by atoms with Crippen LogP contribution in [0.1, 0.15) is 41.6 Å². The number of piperidine rings is 1. The number of likely N-dealkylation sites (tertiary alicyclic amines) is 1. The molecule has 0 aromatic heterocycles. The highest BCUT2D eigenvalue weighted by molar-refractivity contribution is 6.13. The standard InChI is InChI=1S/C22H26N2O3/c25-15-13-18-10-6-7-14-24(18)16-21(26)23-20-12-5-4-11-19(20)22(27)17-8-2-1-3-9-17/h1-5,8-9,11-12,18,25H,6-7,10,13-16H2,(H,23,26). The van der Waals surface area contributed by atoms with Crippen LogP contribution in [0.4, 0.5) is 5.69 Å². The van der Waals surface area contributed by atoms with Gasteiger partial charge in [0.2, 0.25) is 5.91 Å². The Labute approximate surface area is 160 Å². The summed E-state index contributed by atoms with van der Waals surface area (Å²) in [6.45, 7) is 1.28. The number of benzene rings is 2. The molecule has 1 unspecified atom stereocenters. The van der Waals surface area contributed by atoms with Gasteiger partial charge in [-0.3, -0.25) is 14.5 Å². The fourth-order valence-corrected chi connectivity index (χ4v) is 3.65. The van der Waals surface area contributed by atoms with Crippen LogP contribution in [0.5, 0.6) is 0 Å². The summed E-state index contributed by atoms with van der Waals surface area (Å²) >= 11 is 0. The molecule has 1 heterocycles. The number of aliphatic hydroxyl groups excluding tert-OH is 1. The Bertz CT molecular complexity index is 774. The van der Waals surface area contributed by atoms with Crippen molar-refractivity contribution >= 4 is 17.4 Å². The van der Waals surface area contributed by atoms with Crippen LogP contribution in [0, 0.1) is 0 Å². The van der Waals surface area contributed by atoms with Crippen LogP contribution in [0.2, 0.25) is 0 Å². The van der Waals surface area contributed by atoms with E-state index in [-0.39, 0.29) is 30.9 Å². The predicted octanol–water partition coefficient (Wildman–Crippen LogP) is 3.09. The van der Waals surface area contributed by atoms with Crippen LogP contribution >= 0.6 is 0 Å². The van der Waals surface area contributed by atoms with E-state index in [1.807, 2.05) is 24.3 Å². The summed E-state index contributed by atoms with van der Waals surface area (Å²) in [7, 11) is 0. The molecule has 0 spiro atoms.